The first kappa shape index (κ1) is 21.8. The molecule has 8 heteroatoms. The molecular weight excluding hydrogens is 408 g/mol. The zero-order valence-electron chi connectivity index (χ0n) is 18.7. The van der Waals surface area contributed by atoms with Gasteiger partial charge in [-0.3, -0.25) is 9.36 Å². The normalized spacial score (nSPS) is 16.2. The molecule has 32 heavy (non-hydrogen) atoms. The van der Waals surface area contributed by atoms with Crippen molar-refractivity contribution in [2.45, 2.75) is 52.1 Å². The Morgan fingerprint density at radius 2 is 2.09 bits per heavy atom. The van der Waals surface area contributed by atoms with Crippen LogP contribution in [0.1, 0.15) is 53.9 Å². The highest BCUT2D eigenvalue weighted by Crippen LogP contribution is 2.31. The van der Waals surface area contributed by atoms with Gasteiger partial charge in [0, 0.05) is 24.4 Å². The average molecular weight is 437 g/mol. The van der Waals surface area contributed by atoms with Gasteiger partial charge < -0.3 is 14.1 Å². The van der Waals surface area contributed by atoms with E-state index in [4.69, 9.17) is 9.15 Å². The first-order chi connectivity index (χ1) is 15.4. The number of aryl methyl sites for hydroxylation is 2. The van der Waals surface area contributed by atoms with Crippen LogP contribution in [-0.4, -0.2) is 39.0 Å². The topological polar surface area (TPSA) is 90.5 Å². The van der Waals surface area contributed by atoms with Crippen LogP contribution < -0.4 is 10.4 Å². The Bertz CT molecular complexity index is 1170. The van der Waals surface area contributed by atoms with Crippen LogP contribution in [0.5, 0.6) is 5.75 Å². The molecule has 0 radical (unpaired) electrons. The molecule has 1 aliphatic heterocycles. The van der Waals surface area contributed by atoms with Crippen LogP contribution in [0, 0.1) is 13.8 Å². The van der Waals surface area contributed by atoms with Gasteiger partial charge in [0.05, 0.1) is 13.3 Å². The lowest BCUT2D eigenvalue weighted by Crippen LogP contribution is -2.42. The fourth-order valence-electron chi connectivity index (χ4n) is 4.22. The number of rotatable bonds is 6. The van der Waals surface area contributed by atoms with Crippen LogP contribution in [0.3, 0.4) is 0 Å². The molecule has 1 aromatic carbocycles. The van der Waals surface area contributed by atoms with E-state index in [1.807, 2.05) is 31.2 Å². The van der Waals surface area contributed by atoms with Gasteiger partial charge in [-0.15, -0.1) is 0 Å². The summed E-state index contributed by atoms with van der Waals surface area (Å²) in [5, 5.41) is 0. The first-order valence-electron chi connectivity index (χ1n) is 10.9. The predicted octanol–water partition coefficient (Wildman–Crippen LogP) is 3.20. The van der Waals surface area contributed by atoms with Crippen molar-refractivity contribution in [2.24, 2.45) is 0 Å². The Morgan fingerprint density at radius 1 is 1.25 bits per heavy atom. The molecule has 168 valence electrons. The minimum atomic E-state index is -0.402. The van der Waals surface area contributed by atoms with Crippen molar-refractivity contribution < 1.29 is 13.9 Å². The summed E-state index contributed by atoms with van der Waals surface area (Å²) in [5.41, 5.74) is 2.03. The maximum atomic E-state index is 13.2. The number of carbonyl (C=O) groups is 1. The highest BCUT2D eigenvalue weighted by Gasteiger charge is 2.31. The molecular formula is C24H28N4O4. The molecule has 1 aliphatic rings. The molecule has 3 aromatic rings. The molecule has 0 bridgehead atoms. The fourth-order valence-corrected chi connectivity index (χ4v) is 4.22. The number of oxazole rings is 1. The number of benzene rings is 1. The third kappa shape index (κ3) is 4.74. The molecule has 0 spiro atoms. The van der Waals surface area contributed by atoms with E-state index < -0.39 is 5.69 Å². The van der Waals surface area contributed by atoms with Gasteiger partial charge in [-0.2, -0.15) is 4.98 Å². The summed E-state index contributed by atoms with van der Waals surface area (Å²) in [6, 6.07) is 9.39. The SMILES string of the molecule is COc1cccc(Cc2cnc([C@@H]3CCCCN3C(=O)Cn3c(C)cc(C)nc3=O)o2)c1. The van der Waals surface area contributed by atoms with Gasteiger partial charge in [0.1, 0.15) is 24.1 Å². The zero-order chi connectivity index (χ0) is 22.7. The molecule has 0 saturated carbocycles. The van der Waals surface area contributed by atoms with Crippen LogP contribution in [0.25, 0.3) is 0 Å². The lowest BCUT2D eigenvalue weighted by atomic mass is 10.0. The summed E-state index contributed by atoms with van der Waals surface area (Å²) >= 11 is 0. The number of carbonyl (C=O) groups excluding carboxylic acids is 1. The summed E-state index contributed by atoms with van der Waals surface area (Å²) in [6.45, 7) is 4.17. The number of ether oxygens (including phenoxy) is 1. The Balaban J connectivity index is 1.51. The maximum absolute atomic E-state index is 13.2. The number of hydrogen-bond donors (Lipinski definition) is 0. The van der Waals surface area contributed by atoms with E-state index in [9.17, 15) is 9.59 Å². The molecule has 0 unspecified atom stereocenters. The van der Waals surface area contributed by atoms with E-state index >= 15 is 0 Å². The molecule has 3 heterocycles. The van der Waals surface area contributed by atoms with Gasteiger partial charge in [-0.1, -0.05) is 12.1 Å². The van der Waals surface area contributed by atoms with Gasteiger partial charge in [0.15, 0.2) is 0 Å². The van der Waals surface area contributed by atoms with Gasteiger partial charge in [0.25, 0.3) is 0 Å². The van der Waals surface area contributed by atoms with Gasteiger partial charge >= 0.3 is 5.69 Å². The highest BCUT2D eigenvalue weighted by atomic mass is 16.5. The summed E-state index contributed by atoms with van der Waals surface area (Å²) in [6.07, 6.45) is 5.01. The number of piperidine rings is 1. The van der Waals surface area contributed by atoms with Gasteiger partial charge in [0.2, 0.25) is 11.8 Å². The number of methoxy groups -OCH3 is 1. The minimum absolute atomic E-state index is 0.0359. The van der Waals surface area contributed by atoms with Crippen LogP contribution in [0.15, 0.2) is 45.7 Å². The highest BCUT2D eigenvalue weighted by molar-refractivity contribution is 5.76. The van der Waals surface area contributed by atoms with E-state index in [0.29, 0.717) is 24.6 Å². The lowest BCUT2D eigenvalue weighted by Gasteiger charge is -2.34. The summed E-state index contributed by atoms with van der Waals surface area (Å²) in [5.74, 6) is 1.95. The minimum Gasteiger partial charge on any atom is -0.497 e. The largest absolute Gasteiger partial charge is 0.497 e. The second-order valence-corrected chi connectivity index (χ2v) is 8.20. The van der Waals surface area contributed by atoms with E-state index in [1.165, 1.54) is 4.57 Å². The predicted molar refractivity (Wildman–Crippen MR) is 119 cm³/mol. The van der Waals surface area contributed by atoms with Gasteiger partial charge in [-0.25, -0.2) is 9.78 Å². The molecule has 1 amide bonds. The number of amides is 1. The van der Waals surface area contributed by atoms with Crippen molar-refractivity contribution in [1.29, 1.82) is 0 Å². The van der Waals surface area contributed by atoms with Crippen LogP contribution in [0.2, 0.25) is 0 Å². The smallest absolute Gasteiger partial charge is 0.348 e. The fraction of sp³-hybridized carbons (Fsp3) is 0.417. The monoisotopic (exact) mass is 436 g/mol. The number of nitrogens with zero attached hydrogens (tertiary/aromatic N) is 4. The standard InChI is InChI=1S/C24H28N4O4/c1-16-11-17(2)28(24(30)26-16)15-22(29)27-10-5-4-9-21(27)23-25-14-20(32-23)13-18-7-6-8-19(12-18)31-3/h6-8,11-12,14,21H,4-5,9-10,13,15H2,1-3H3/t21-/m0/s1. The van der Waals surface area contributed by atoms with Crippen molar-refractivity contribution in [3.8, 4) is 5.75 Å². The van der Waals surface area contributed by atoms with E-state index in [2.05, 4.69) is 9.97 Å². The average Bonchev–Trinajstić information content (AvgIpc) is 3.24. The van der Waals surface area contributed by atoms with E-state index in [1.54, 1.807) is 31.2 Å². The third-order valence-electron chi connectivity index (χ3n) is 5.83. The van der Waals surface area contributed by atoms with Crippen LogP contribution in [-0.2, 0) is 17.8 Å². The number of likely N-dealkylation sites (tertiary alicyclic amines) is 1. The molecule has 1 atom stereocenters. The molecule has 4 rings (SSSR count). The van der Waals surface area contributed by atoms with E-state index in [0.717, 1.165) is 42.0 Å². The van der Waals surface area contributed by atoms with Gasteiger partial charge in [-0.05, 0) is 56.9 Å². The second-order valence-electron chi connectivity index (χ2n) is 8.20. The molecule has 8 nitrogen and oxygen atoms in total. The summed E-state index contributed by atoms with van der Waals surface area (Å²) < 4.78 is 12.8. The quantitative estimate of drug-likeness (QED) is 0.589. The van der Waals surface area contributed by atoms with Crippen molar-refractivity contribution >= 4 is 5.91 Å². The van der Waals surface area contributed by atoms with E-state index in [-0.39, 0.29) is 18.5 Å². The molecule has 0 aliphatic carbocycles. The zero-order valence-corrected chi connectivity index (χ0v) is 18.7. The Labute approximate surface area is 186 Å². The Kier molecular flexibility index (Phi) is 6.39. The maximum Gasteiger partial charge on any atom is 0.348 e. The third-order valence-corrected chi connectivity index (χ3v) is 5.83. The Hall–Kier alpha value is -3.42. The molecule has 1 saturated heterocycles. The lowest BCUT2D eigenvalue weighted by molar-refractivity contribution is -0.136. The summed E-state index contributed by atoms with van der Waals surface area (Å²) in [7, 11) is 1.64. The van der Waals surface area contributed by atoms with Crippen molar-refractivity contribution in [3.05, 3.63) is 75.6 Å². The van der Waals surface area contributed by atoms with Crippen molar-refractivity contribution in [1.82, 2.24) is 19.4 Å². The second kappa shape index (κ2) is 9.38. The molecule has 0 N–H and O–H groups in total. The number of aromatic nitrogens is 3. The number of hydrogen-bond acceptors (Lipinski definition) is 6. The van der Waals surface area contributed by atoms with Crippen LogP contribution in [0.4, 0.5) is 0 Å². The van der Waals surface area contributed by atoms with Crippen LogP contribution >= 0.6 is 0 Å². The van der Waals surface area contributed by atoms with Crippen molar-refractivity contribution in [2.75, 3.05) is 13.7 Å². The Morgan fingerprint density at radius 3 is 2.88 bits per heavy atom. The molecule has 1 fully saturated rings. The van der Waals surface area contributed by atoms with Crippen molar-refractivity contribution in [3.63, 3.8) is 0 Å². The summed E-state index contributed by atoms with van der Waals surface area (Å²) in [4.78, 5) is 35.7. The first-order valence-corrected chi connectivity index (χ1v) is 10.9. The molecule has 2 aromatic heterocycles.